The minimum Gasteiger partial charge on any atom is -0.369 e. The second kappa shape index (κ2) is 10.6. The lowest BCUT2D eigenvalue weighted by molar-refractivity contribution is -0.121. The number of hydrogen-bond acceptors (Lipinski definition) is 3. The maximum atomic E-state index is 12.1. The predicted octanol–water partition coefficient (Wildman–Crippen LogP) is 2.92. The minimum absolute atomic E-state index is 0.111. The van der Waals surface area contributed by atoms with Gasteiger partial charge >= 0.3 is 0 Å². The second-order valence-electron chi connectivity index (χ2n) is 7.62. The Bertz CT molecular complexity index is 675. The fourth-order valence-corrected chi connectivity index (χ4v) is 4.12. The van der Waals surface area contributed by atoms with Gasteiger partial charge in [-0.3, -0.25) is 9.79 Å². The van der Waals surface area contributed by atoms with E-state index in [1.165, 1.54) is 12.8 Å². The molecule has 1 unspecified atom stereocenters. The van der Waals surface area contributed by atoms with Gasteiger partial charge in [0.1, 0.15) is 0 Å². The molecule has 3 rings (SSSR count). The van der Waals surface area contributed by atoms with Crippen LogP contribution in [0.1, 0.15) is 45.4 Å². The van der Waals surface area contributed by atoms with Crippen molar-refractivity contribution in [2.45, 2.75) is 57.5 Å². The van der Waals surface area contributed by atoms with Gasteiger partial charge in [-0.25, -0.2) is 0 Å². The maximum absolute atomic E-state index is 12.1. The third-order valence-corrected chi connectivity index (χ3v) is 5.61. The van der Waals surface area contributed by atoms with E-state index in [4.69, 9.17) is 11.6 Å². The second-order valence-corrected chi connectivity index (χ2v) is 8.05. The van der Waals surface area contributed by atoms with Crippen LogP contribution in [0.5, 0.6) is 0 Å². The first kappa shape index (κ1) is 20.8. The maximum Gasteiger partial charge on any atom is 0.222 e. The molecule has 1 amide bonds. The van der Waals surface area contributed by atoms with E-state index in [0.717, 1.165) is 55.6 Å². The van der Waals surface area contributed by atoms with Crippen molar-refractivity contribution in [1.29, 1.82) is 0 Å². The molecule has 0 radical (unpaired) electrons. The van der Waals surface area contributed by atoms with Gasteiger partial charge in [-0.1, -0.05) is 30.5 Å². The molecule has 28 heavy (non-hydrogen) atoms. The van der Waals surface area contributed by atoms with Crippen LogP contribution in [0.4, 0.5) is 5.69 Å². The van der Waals surface area contributed by atoms with Crippen molar-refractivity contribution in [1.82, 2.24) is 16.0 Å². The molecule has 1 heterocycles. The molecular weight excluding hydrogens is 374 g/mol. The Kier molecular flexibility index (Phi) is 7.83. The van der Waals surface area contributed by atoms with Crippen molar-refractivity contribution in [3.05, 3.63) is 29.3 Å². The van der Waals surface area contributed by atoms with E-state index in [0.29, 0.717) is 25.0 Å². The lowest BCUT2D eigenvalue weighted by Gasteiger charge is -2.20. The van der Waals surface area contributed by atoms with Gasteiger partial charge in [0.25, 0.3) is 0 Å². The molecule has 1 aliphatic carbocycles. The highest BCUT2D eigenvalue weighted by atomic mass is 35.5. The molecule has 1 saturated carbocycles. The van der Waals surface area contributed by atoms with Crippen molar-refractivity contribution < 1.29 is 4.79 Å². The lowest BCUT2D eigenvalue weighted by atomic mass is 10.2. The number of amides is 1. The summed E-state index contributed by atoms with van der Waals surface area (Å²) in [5.74, 6) is 0.897. The highest BCUT2D eigenvalue weighted by Crippen LogP contribution is 2.23. The zero-order chi connectivity index (χ0) is 19.8. The van der Waals surface area contributed by atoms with Crippen molar-refractivity contribution in [2.75, 3.05) is 31.1 Å². The van der Waals surface area contributed by atoms with Crippen LogP contribution in [0, 0.1) is 0 Å². The minimum atomic E-state index is 0.111. The van der Waals surface area contributed by atoms with E-state index < -0.39 is 0 Å². The van der Waals surface area contributed by atoms with Gasteiger partial charge in [-0.05, 0) is 44.4 Å². The van der Waals surface area contributed by atoms with Gasteiger partial charge in [0.2, 0.25) is 5.91 Å². The van der Waals surface area contributed by atoms with E-state index in [9.17, 15) is 4.79 Å². The molecule has 3 N–H and O–H groups in total. The van der Waals surface area contributed by atoms with E-state index in [1.54, 1.807) is 0 Å². The van der Waals surface area contributed by atoms with Crippen LogP contribution < -0.4 is 20.9 Å². The molecule has 2 fully saturated rings. The summed E-state index contributed by atoms with van der Waals surface area (Å²) >= 11 is 6.12. The molecule has 154 valence electrons. The van der Waals surface area contributed by atoms with Crippen molar-refractivity contribution in [3.8, 4) is 0 Å². The number of aliphatic imine (C=N–C) groups is 1. The van der Waals surface area contributed by atoms with Crippen LogP contribution in [0.25, 0.3) is 0 Å². The average Bonchev–Trinajstić information content (AvgIpc) is 3.34. The molecule has 1 saturated heterocycles. The molecule has 0 spiro atoms. The Morgan fingerprint density at radius 2 is 2.04 bits per heavy atom. The number of nitrogens with one attached hydrogen (secondary N) is 3. The van der Waals surface area contributed by atoms with Gasteiger partial charge in [0, 0.05) is 48.8 Å². The van der Waals surface area contributed by atoms with Crippen molar-refractivity contribution in [2.24, 2.45) is 4.99 Å². The molecule has 1 aliphatic heterocycles. The fourth-order valence-electron chi connectivity index (χ4n) is 3.94. The number of halogens is 1. The van der Waals surface area contributed by atoms with Crippen molar-refractivity contribution in [3.63, 3.8) is 0 Å². The van der Waals surface area contributed by atoms with Crippen LogP contribution in [-0.2, 0) is 4.79 Å². The Morgan fingerprint density at radius 1 is 1.21 bits per heavy atom. The SMILES string of the molecule is CCNC(=NCCC(=O)NC1CCCC1)NC1CCN(c2cccc(Cl)c2)C1. The summed E-state index contributed by atoms with van der Waals surface area (Å²) in [5.41, 5.74) is 1.15. The first-order valence-corrected chi connectivity index (χ1v) is 10.9. The quantitative estimate of drug-likeness (QED) is 0.482. The summed E-state index contributed by atoms with van der Waals surface area (Å²) in [7, 11) is 0. The van der Waals surface area contributed by atoms with Gasteiger partial charge in [-0.2, -0.15) is 0 Å². The Labute approximate surface area is 173 Å². The molecule has 1 aromatic carbocycles. The van der Waals surface area contributed by atoms with Crippen LogP contribution >= 0.6 is 11.6 Å². The molecule has 1 aromatic rings. The van der Waals surface area contributed by atoms with Crippen LogP contribution in [0.2, 0.25) is 5.02 Å². The predicted molar refractivity (Wildman–Crippen MR) is 116 cm³/mol. The zero-order valence-corrected chi connectivity index (χ0v) is 17.5. The zero-order valence-electron chi connectivity index (χ0n) is 16.7. The summed E-state index contributed by atoms with van der Waals surface area (Å²) in [6, 6.07) is 8.68. The van der Waals surface area contributed by atoms with Gasteiger partial charge < -0.3 is 20.9 Å². The highest BCUT2D eigenvalue weighted by Gasteiger charge is 2.23. The fraction of sp³-hybridized carbons (Fsp3) is 0.619. The summed E-state index contributed by atoms with van der Waals surface area (Å²) in [6.07, 6.45) is 6.16. The van der Waals surface area contributed by atoms with Crippen LogP contribution in [0.15, 0.2) is 29.3 Å². The summed E-state index contributed by atoms with van der Waals surface area (Å²) < 4.78 is 0. The number of nitrogens with zero attached hydrogens (tertiary/aromatic N) is 2. The third-order valence-electron chi connectivity index (χ3n) is 5.38. The normalized spacial score (nSPS) is 20.4. The Balaban J connectivity index is 1.45. The number of carbonyl (C=O) groups excluding carboxylic acids is 1. The Hall–Kier alpha value is -1.95. The molecule has 0 bridgehead atoms. The topological polar surface area (TPSA) is 68.8 Å². The van der Waals surface area contributed by atoms with Gasteiger partial charge in [0.15, 0.2) is 5.96 Å². The molecular formula is C21H32ClN5O. The van der Waals surface area contributed by atoms with Crippen LogP contribution in [0.3, 0.4) is 0 Å². The molecule has 2 aliphatic rings. The summed E-state index contributed by atoms with van der Waals surface area (Å²) in [6.45, 7) is 5.24. The number of anilines is 1. The standard InChI is InChI=1S/C21H32ClN5O/c1-2-23-21(24-12-10-20(28)25-17-7-3-4-8-17)26-18-11-13-27(15-18)19-9-5-6-16(22)14-19/h5-6,9,14,17-18H,2-4,7-8,10-13,15H2,1H3,(H,25,28)(H2,23,24,26). The number of guanidine groups is 1. The van der Waals surface area contributed by atoms with Crippen molar-refractivity contribution >= 4 is 29.2 Å². The smallest absolute Gasteiger partial charge is 0.222 e. The number of rotatable bonds is 7. The monoisotopic (exact) mass is 405 g/mol. The lowest BCUT2D eigenvalue weighted by Crippen LogP contribution is -2.44. The first-order valence-electron chi connectivity index (χ1n) is 10.5. The van der Waals surface area contributed by atoms with E-state index in [2.05, 4.69) is 38.8 Å². The first-order chi connectivity index (χ1) is 13.6. The molecule has 1 atom stereocenters. The largest absolute Gasteiger partial charge is 0.369 e. The molecule has 6 nitrogen and oxygen atoms in total. The summed E-state index contributed by atoms with van der Waals surface area (Å²) in [4.78, 5) is 19.0. The Morgan fingerprint density at radius 3 is 2.79 bits per heavy atom. The number of hydrogen-bond donors (Lipinski definition) is 3. The van der Waals surface area contributed by atoms with E-state index in [-0.39, 0.29) is 5.91 Å². The third kappa shape index (κ3) is 6.30. The summed E-state index contributed by atoms with van der Waals surface area (Å²) in [5, 5.41) is 10.7. The number of carbonyl (C=O) groups is 1. The van der Waals surface area contributed by atoms with E-state index in [1.807, 2.05) is 18.2 Å². The molecule has 7 heteroatoms. The van der Waals surface area contributed by atoms with Gasteiger partial charge in [0.05, 0.1) is 6.54 Å². The average molecular weight is 406 g/mol. The van der Waals surface area contributed by atoms with Crippen LogP contribution in [-0.4, -0.2) is 50.1 Å². The van der Waals surface area contributed by atoms with Gasteiger partial charge in [-0.15, -0.1) is 0 Å². The molecule has 0 aromatic heterocycles. The number of benzene rings is 1. The highest BCUT2D eigenvalue weighted by molar-refractivity contribution is 6.30. The van der Waals surface area contributed by atoms with E-state index >= 15 is 0 Å².